The second kappa shape index (κ2) is 2.72. The highest BCUT2D eigenvalue weighted by Gasteiger charge is 2.13. The van der Waals surface area contributed by atoms with E-state index in [1.54, 1.807) is 24.4 Å². The van der Waals surface area contributed by atoms with Crippen molar-refractivity contribution in [1.82, 2.24) is 0 Å². The number of aliphatic imine (C=N–C) groups is 1. The molecular formula is C9H6ClNO. The minimum Gasteiger partial charge on any atom is -0.267 e. The molecule has 1 aliphatic rings. The Morgan fingerprint density at radius 2 is 2.25 bits per heavy atom. The van der Waals surface area contributed by atoms with Gasteiger partial charge in [0.1, 0.15) is 0 Å². The highest BCUT2D eigenvalue weighted by molar-refractivity contribution is 6.30. The lowest BCUT2D eigenvalue weighted by Gasteiger charge is -2.08. The molecule has 1 aromatic carbocycles. The molecule has 1 heterocycles. The van der Waals surface area contributed by atoms with Crippen molar-refractivity contribution in [1.29, 1.82) is 0 Å². The molecule has 0 fully saturated rings. The third-order valence-corrected chi connectivity index (χ3v) is 2.05. The summed E-state index contributed by atoms with van der Waals surface area (Å²) in [6, 6.07) is 5.23. The van der Waals surface area contributed by atoms with E-state index in [4.69, 9.17) is 11.6 Å². The van der Waals surface area contributed by atoms with Crippen molar-refractivity contribution in [2.75, 3.05) is 0 Å². The van der Waals surface area contributed by atoms with E-state index >= 15 is 0 Å². The Kier molecular flexibility index (Phi) is 1.70. The summed E-state index contributed by atoms with van der Waals surface area (Å²) in [7, 11) is 0. The van der Waals surface area contributed by atoms with Gasteiger partial charge in [-0.15, -0.1) is 0 Å². The summed E-state index contributed by atoms with van der Waals surface area (Å²) < 4.78 is 0. The van der Waals surface area contributed by atoms with Gasteiger partial charge in [0, 0.05) is 23.2 Å². The summed E-state index contributed by atoms with van der Waals surface area (Å²) in [6.45, 7) is 0. The molecule has 1 aliphatic heterocycles. The zero-order valence-electron chi connectivity index (χ0n) is 6.25. The summed E-state index contributed by atoms with van der Waals surface area (Å²) in [5.74, 6) is -0.173. The smallest absolute Gasteiger partial charge is 0.267 e. The second-order valence-electron chi connectivity index (χ2n) is 2.62. The van der Waals surface area contributed by atoms with Crippen LogP contribution in [0.1, 0.15) is 15.9 Å². The first-order chi connectivity index (χ1) is 5.77. The summed E-state index contributed by atoms with van der Waals surface area (Å²) in [5.41, 5.74) is 1.63. The molecule has 0 radical (unpaired) electrons. The molecule has 1 amide bonds. The normalized spacial score (nSPS) is 14.6. The average Bonchev–Trinajstić information content (AvgIpc) is 2.04. The van der Waals surface area contributed by atoms with Crippen molar-refractivity contribution in [3.8, 4) is 0 Å². The zero-order valence-corrected chi connectivity index (χ0v) is 7.01. The van der Waals surface area contributed by atoms with Gasteiger partial charge in [-0.05, 0) is 23.8 Å². The van der Waals surface area contributed by atoms with Crippen LogP contribution in [0, 0.1) is 0 Å². The number of carbonyl (C=O) groups is 1. The predicted octanol–water partition coefficient (Wildman–Crippen LogP) is 2.11. The number of hydrogen-bond donors (Lipinski definition) is 0. The Hall–Kier alpha value is -1.15. The molecular weight excluding hydrogens is 174 g/mol. The van der Waals surface area contributed by atoms with Crippen LogP contribution in [0.15, 0.2) is 23.2 Å². The van der Waals surface area contributed by atoms with E-state index in [0.717, 1.165) is 5.56 Å². The molecule has 3 heteroatoms. The molecule has 0 spiro atoms. The van der Waals surface area contributed by atoms with Crippen molar-refractivity contribution in [2.45, 2.75) is 6.42 Å². The largest absolute Gasteiger partial charge is 0.276 e. The topological polar surface area (TPSA) is 29.4 Å². The highest BCUT2D eigenvalue weighted by atomic mass is 35.5. The zero-order chi connectivity index (χ0) is 8.55. The molecule has 0 N–H and O–H groups in total. The van der Waals surface area contributed by atoms with Crippen molar-refractivity contribution in [3.63, 3.8) is 0 Å². The fraction of sp³-hybridized carbons (Fsp3) is 0.111. The summed E-state index contributed by atoms with van der Waals surface area (Å²) in [4.78, 5) is 14.8. The van der Waals surface area contributed by atoms with Gasteiger partial charge in [-0.25, -0.2) is 4.99 Å². The monoisotopic (exact) mass is 179 g/mol. The number of halogens is 1. The van der Waals surface area contributed by atoms with Gasteiger partial charge in [0.15, 0.2) is 0 Å². The van der Waals surface area contributed by atoms with Crippen molar-refractivity contribution in [2.24, 2.45) is 4.99 Å². The Balaban J connectivity index is 2.58. The molecule has 0 atom stereocenters. The third kappa shape index (κ3) is 1.14. The number of benzene rings is 1. The number of rotatable bonds is 0. The van der Waals surface area contributed by atoms with E-state index in [9.17, 15) is 4.79 Å². The van der Waals surface area contributed by atoms with Crippen LogP contribution in [-0.4, -0.2) is 12.1 Å². The molecule has 0 bridgehead atoms. The number of nitrogens with zero attached hydrogens (tertiary/aromatic N) is 1. The van der Waals surface area contributed by atoms with Crippen LogP contribution in [0.5, 0.6) is 0 Å². The SMILES string of the molecule is O=C1N=CCc2cc(Cl)ccc21. The molecule has 60 valence electrons. The van der Waals surface area contributed by atoms with Crippen LogP contribution >= 0.6 is 11.6 Å². The van der Waals surface area contributed by atoms with E-state index in [-0.39, 0.29) is 5.91 Å². The number of amides is 1. The van der Waals surface area contributed by atoms with E-state index in [1.165, 1.54) is 0 Å². The van der Waals surface area contributed by atoms with Gasteiger partial charge in [0.05, 0.1) is 0 Å². The maximum absolute atomic E-state index is 11.2. The molecule has 0 unspecified atom stereocenters. The fourth-order valence-corrected chi connectivity index (χ4v) is 1.43. The summed E-state index contributed by atoms with van der Waals surface area (Å²) in [5, 5.41) is 0.664. The number of hydrogen-bond acceptors (Lipinski definition) is 1. The van der Waals surface area contributed by atoms with Crippen LogP contribution < -0.4 is 0 Å². The Labute approximate surface area is 74.9 Å². The first-order valence-electron chi connectivity index (χ1n) is 3.62. The molecule has 0 saturated carbocycles. The summed E-state index contributed by atoms with van der Waals surface area (Å²) >= 11 is 5.77. The molecule has 0 aliphatic carbocycles. The third-order valence-electron chi connectivity index (χ3n) is 1.82. The minimum atomic E-state index is -0.173. The Morgan fingerprint density at radius 1 is 1.42 bits per heavy atom. The summed E-state index contributed by atoms with van der Waals surface area (Å²) in [6.07, 6.45) is 2.31. The van der Waals surface area contributed by atoms with Crippen LogP contribution in [0.2, 0.25) is 5.02 Å². The first-order valence-corrected chi connectivity index (χ1v) is 4.00. The molecule has 2 rings (SSSR count). The highest BCUT2D eigenvalue weighted by Crippen LogP contribution is 2.19. The van der Waals surface area contributed by atoms with Crippen molar-refractivity contribution in [3.05, 3.63) is 34.3 Å². The first kappa shape index (κ1) is 7.50. The van der Waals surface area contributed by atoms with E-state index < -0.39 is 0 Å². The van der Waals surface area contributed by atoms with Gasteiger partial charge >= 0.3 is 0 Å². The lowest BCUT2D eigenvalue weighted by atomic mass is 10.0. The molecule has 12 heavy (non-hydrogen) atoms. The molecule has 0 saturated heterocycles. The quantitative estimate of drug-likeness (QED) is 0.600. The van der Waals surface area contributed by atoms with Crippen molar-refractivity contribution < 1.29 is 4.79 Å². The average molecular weight is 180 g/mol. The number of carbonyl (C=O) groups excluding carboxylic acids is 1. The van der Waals surface area contributed by atoms with Crippen LogP contribution in [0.25, 0.3) is 0 Å². The molecule has 0 aromatic heterocycles. The van der Waals surface area contributed by atoms with Gasteiger partial charge in [0.2, 0.25) is 0 Å². The minimum absolute atomic E-state index is 0.173. The van der Waals surface area contributed by atoms with E-state index in [1.807, 2.05) is 0 Å². The van der Waals surface area contributed by atoms with Gasteiger partial charge < -0.3 is 0 Å². The van der Waals surface area contributed by atoms with Crippen LogP contribution in [-0.2, 0) is 6.42 Å². The lowest BCUT2D eigenvalue weighted by Crippen LogP contribution is -2.07. The van der Waals surface area contributed by atoms with E-state index in [2.05, 4.69) is 4.99 Å². The molecule has 1 aromatic rings. The van der Waals surface area contributed by atoms with Gasteiger partial charge in [-0.2, -0.15) is 0 Å². The predicted molar refractivity (Wildman–Crippen MR) is 48.0 cm³/mol. The maximum atomic E-state index is 11.2. The Morgan fingerprint density at radius 3 is 3.08 bits per heavy atom. The second-order valence-corrected chi connectivity index (χ2v) is 3.06. The fourth-order valence-electron chi connectivity index (χ4n) is 1.24. The van der Waals surface area contributed by atoms with Gasteiger partial charge in [0.25, 0.3) is 5.91 Å². The number of fused-ring (bicyclic) bond motifs is 1. The van der Waals surface area contributed by atoms with E-state index in [0.29, 0.717) is 17.0 Å². The van der Waals surface area contributed by atoms with Crippen LogP contribution in [0.3, 0.4) is 0 Å². The van der Waals surface area contributed by atoms with Crippen LogP contribution in [0.4, 0.5) is 0 Å². The standard InChI is InChI=1S/C9H6ClNO/c10-7-1-2-8-6(5-7)3-4-11-9(8)12/h1-2,4-5H,3H2. The van der Waals surface area contributed by atoms with Crippen molar-refractivity contribution >= 4 is 23.7 Å². The van der Waals surface area contributed by atoms with Gasteiger partial charge in [-0.3, -0.25) is 4.79 Å². The Bertz CT molecular complexity index is 371. The van der Waals surface area contributed by atoms with Gasteiger partial charge in [-0.1, -0.05) is 11.6 Å². The lowest BCUT2D eigenvalue weighted by molar-refractivity contribution is 0.100. The maximum Gasteiger partial charge on any atom is 0.276 e. The molecule has 2 nitrogen and oxygen atoms in total.